The van der Waals surface area contributed by atoms with E-state index in [1.807, 2.05) is 6.92 Å². The van der Waals surface area contributed by atoms with E-state index in [2.05, 4.69) is 10.6 Å². The summed E-state index contributed by atoms with van der Waals surface area (Å²) in [6.07, 6.45) is 0. The molecule has 0 spiro atoms. The highest BCUT2D eigenvalue weighted by Crippen LogP contribution is 2.15. The van der Waals surface area contributed by atoms with Crippen LogP contribution < -0.4 is 10.6 Å². The first-order valence-corrected chi connectivity index (χ1v) is 7.93. The maximum Gasteiger partial charge on any atom is 0.242 e. The highest BCUT2D eigenvalue weighted by molar-refractivity contribution is 7.91. The van der Waals surface area contributed by atoms with Gasteiger partial charge < -0.3 is 10.6 Å². The van der Waals surface area contributed by atoms with E-state index < -0.39 is 9.84 Å². The minimum absolute atomic E-state index is 0.0785. The lowest BCUT2D eigenvalue weighted by Crippen LogP contribution is -2.37. The normalized spacial score (nSPS) is 12.8. The molecule has 1 aromatic rings. The summed E-state index contributed by atoms with van der Waals surface area (Å²) < 4.78 is 23.3. The van der Waals surface area contributed by atoms with Crippen LogP contribution in [0.2, 0.25) is 0 Å². The molecule has 1 rings (SSSR count). The number of nitrogens with one attached hydrogen (secondary N) is 2. The number of hydrogen-bond donors (Lipinski definition) is 2. The lowest BCUT2D eigenvalue weighted by molar-refractivity contribution is -0.121. The van der Waals surface area contributed by atoms with Crippen molar-refractivity contribution >= 4 is 21.4 Å². The predicted molar refractivity (Wildman–Crippen MR) is 75.9 cm³/mol. The van der Waals surface area contributed by atoms with E-state index in [0.717, 1.165) is 0 Å². The average Bonchev–Trinajstić information content (AvgIpc) is 2.39. The van der Waals surface area contributed by atoms with Crippen molar-refractivity contribution in [3.63, 3.8) is 0 Å². The Balaban J connectivity index is 2.75. The number of hydrogen-bond acceptors (Lipinski definition) is 4. The number of carbonyl (C=O) groups excluding carboxylic acids is 1. The third-order valence-electron chi connectivity index (χ3n) is 2.72. The second kappa shape index (κ2) is 6.56. The molecule has 0 saturated heterocycles. The molecule has 0 fully saturated rings. The van der Waals surface area contributed by atoms with Crippen molar-refractivity contribution in [2.75, 3.05) is 17.6 Å². The van der Waals surface area contributed by atoms with E-state index in [0.29, 0.717) is 17.1 Å². The molecule has 0 aliphatic heterocycles. The minimum Gasteiger partial charge on any atom is -0.374 e. The summed E-state index contributed by atoms with van der Waals surface area (Å²) >= 11 is 0. The summed E-state index contributed by atoms with van der Waals surface area (Å²) in [5.74, 6) is -0.0116. The van der Waals surface area contributed by atoms with Crippen LogP contribution in [0.25, 0.3) is 0 Å². The Bertz CT molecular complexity index is 523. The Kier molecular flexibility index (Phi) is 5.35. The molecule has 106 valence electrons. The van der Waals surface area contributed by atoms with E-state index in [1.165, 1.54) is 0 Å². The second-order valence-electron chi connectivity index (χ2n) is 4.19. The maximum absolute atomic E-state index is 11.6. The van der Waals surface area contributed by atoms with Crippen molar-refractivity contribution in [3.05, 3.63) is 24.3 Å². The molecular weight excluding hydrogens is 264 g/mol. The number of rotatable bonds is 6. The highest BCUT2D eigenvalue weighted by Gasteiger charge is 2.13. The van der Waals surface area contributed by atoms with Crippen LogP contribution in [0, 0.1) is 0 Å². The standard InChI is InChI=1S/C13H20N2O3S/c1-4-14-13(16)10(3)15-11-6-8-12(9-7-11)19(17,18)5-2/h6-10,15H,4-5H2,1-3H3,(H,14,16). The number of carbonyl (C=O) groups is 1. The fourth-order valence-corrected chi connectivity index (χ4v) is 2.45. The molecule has 19 heavy (non-hydrogen) atoms. The predicted octanol–water partition coefficient (Wildman–Crippen LogP) is 1.42. The zero-order valence-corrected chi connectivity index (χ0v) is 12.3. The van der Waals surface area contributed by atoms with Crippen molar-refractivity contribution in [1.82, 2.24) is 5.32 Å². The molecule has 0 radical (unpaired) electrons. The van der Waals surface area contributed by atoms with Gasteiger partial charge in [0.05, 0.1) is 10.6 Å². The van der Waals surface area contributed by atoms with Gasteiger partial charge in [-0.05, 0) is 38.1 Å². The SMILES string of the molecule is CCNC(=O)C(C)Nc1ccc(S(=O)(=O)CC)cc1. The first-order chi connectivity index (χ1) is 8.90. The van der Waals surface area contributed by atoms with E-state index >= 15 is 0 Å². The smallest absolute Gasteiger partial charge is 0.242 e. The Morgan fingerprint density at radius 3 is 2.26 bits per heavy atom. The zero-order valence-electron chi connectivity index (χ0n) is 11.4. The summed E-state index contributed by atoms with van der Waals surface area (Å²) in [5, 5.41) is 5.73. The van der Waals surface area contributed by atoms with Gasteiger partial charge in [0.15, 0.2) is 9.84 Å². The van der Waals surface area contributed by atoms with Gasteiger partial charge >= 0.3 is 0 Å². The molecule has 0 saturated carbocycles. The minimum atomic E-state index is -3.18. The summed E-state index contributed by atoms with van der Waals surface area (Å²) in [4.78, 5) is 11.8. The number of benzene rings is 1. The Labute approximate surface area is 114 Å². The molecule has 0 bridgehead atoms. The van der Waals surface area contributed by atoms with E-state index in [4.69, 9.17) is 0 Å². The van der Waals surface area contributed by atoms with Gasteiger partial charge in [-0.2, -0.15) is 0 Å². The fourth-order valence-electron chi connectivity index (χ4n) is 1.57. The largest absolute Gasteiger partial charge is 0.374 e. The molecule has 1 amide bonds. The van der Waals surface area contributed by atoms with Crippen LogP contribution in [0.4, 0.5) is 5.69 Å². The van der Waals surface area contributed by atoms with Crippen molar-refractivity contribution in [1.29, 1.82) is 0 Å². The molecule has 0 aliphatic carbocycles. The van der Waals surface area contributed by atoms with Gasteiger partial charge in [-0.1, -0.05) is 6.92 Å². The molecule has 2 N–H and O–H groups in total. The van der Waals surface area contributed by atoms with E-state index in [1.54, 1.807) is 38.1 Å². The van der Waals surface area contributed by atoms with Crippen LogP contribution in [0.1, 0.15) is 20.8 Å². The molecule has 0 aromatic heterocycles. The maximum atomic E-state index is 11.6. The van der Waals surface area contributed by atoms with Gasteiger partial charge in [0.25, 0.3) is 0 Å². The molecule has 1 aromatic carbocycles. The molecule has 1 unspecified atom stereocenters. The van der Waals surface area contributed by atoms with Gasteiger partial charge in [0.1, 0.15) is 6.04 Å². The third kappa shape index (κ3) is 4.24. The topological polar surface area (TPSA) is 75.3 Å². The Morgan fingerprint density at radius 2 is 1.79 bits per heavy atom. The number of anilines is 1. The van der Waals surface area contributed by atoms with Crippen molar-refractivity contribution < 1.29 is 13.2 Å². The lowest BCUT2D eigenvalue weighted by atomic mass is 10.2. The van der Waals surface area contributed by atoms with Gasteiger partial charge in [0, 0.05) is 12.2 Å². The van der Waals surface area contributed by atoms with Gasteiger partial charge in [0.2, 0.25) is 5.91 Å². The summed E-state index contributed by atoms with van der Waals surface area (Å²) in [6.45, 7) is 5.80. The fraction of sp³-hybridized carbons (Fsp3) is 0.462. The van der Waals surface area contributed by atoms with Crippen LogP contribution in [0.5, 0.6) is 0 Å². The van der Waals surface area contributed by atoms with Crippen molar-refractivity contribution in [3.8, 4) is 0 Å². The van der Waals surface area contributed by atoms with Gasteiger partial charge in [-0.3, -0.25) is 4.79 Å². The highest BCUT2D eigenvalue weighted by atomic mass is 32.2. The summed E-state index contributed by atoms with van der Waals surface area (Å²) in [7, 11) is -3.18. The molecular formula is C13H20N2O3S. The first kappa shape index (κ1) is 15.5. The van der Waals surface area contributed by atoms with Crippen LogP contribution in [-0.4, -0.2) is 32.7 Å². The van der Waals surface area contributed by atoms with Gasteiger partial charge in [-0.15, -0.1) is 0 Å². The second-order valence-corrected chi connectivity index (χ2v) is 6.47. The number of amides is 1. The van der Waals surface area contributed by atoms with E-state index in [9.17, 15) is 13.2 Å². The molecule has 0 heterocycles. The summed E-state index contributed by atoms with van der Waals surface area (Å²) in [6, 6.07) is 6.06. The number of likely N-dealkylation sites (N-methyl/N-ethyl adjacent to an activating group) is 1. The monoisotopic (exact) mass is 284 g/mol. The van der Waals surface area contributed by atoms with Crippen molar-refractivity contribution in [2.24, 2.45) is 0 Å². The summed E-state index contributed by atoms with van der Waals surface area (Å²) in [5.41, 5.74) is 0.716. The molecule has 6 heteroatoms. The first-order valence-electron chi connectivity index (χ1n) is 6.27. The van der Waals surface area contributed by atoms with Crippen LogP contribution in [0.3, 0.4) is 0 Å². The van der Waals surface area contributed by atoms with Crippen LogP contribution in [0.15, 0.2) is 29.2 Å². The van der Waals surface area contributed by atoms with Crippen LogP contribution >= 0.6 is 0 Å². The quantitative estimate of drug-likeness (QED) is 0.828. The van der Waals surface area contributed by atoms with Gasteiger partial charge in [-0.25, -0.2) is 8.42 Å². The van der Waals surface area contributed by atoms with Crippen molar-refractivity contribution in [2.45, 2.75) is 31.7 Å². The third-order valence-corrected chi connectivity index (χ3v) is 4.47. The molecule has 5 nitrogen and oxygen atoms in total. The molecule has 1 atom stereocenters. The average molecular weight is 284 g/mol. The molecule has 0 aliphatic rings. The Morgan fingerprint density at radius 1 is 1.21 bits per heavy atom. The van der Waals surface area contributed by atoms with Crippen LogP contribution in [-0.2, 0) is 14.6 Å². The lowest BCUT2D eigenvalue weighted by Gasteiger charge is -2.14. The zero-order chi connectivity index (χ0) is 14.5. The number of sulfone groups is 1. The van der Waals surface area contributed by atoms with E-state index in [-0.39, 0.29) is 17.7 Å². The Hall–Kier alpha value is -1.56.